The molecule has 0 aliphatic carbocycles. The Kier molecular flexibility index (Phi) is 5.05. The van der Waals surface area contributed by atoms with Gasteiger partial charge in [-0.2, -0.15) is 0 Å². The minimum Gasteiger partial charge on any atom is -0.316 e. The zero-order valence-electron chi connectivity index (χ0n) is 11.4. The third-order valence-corrected chi connectivity index (χ3v) is 4.66. The van der Waals surface area contributed by atoms with Crippen molar-refractivity contribution in [3.63, 3.8) is 0 Å². The van der Waals surface area contributed by atoms with Crippen LogP contribution in [0.25, 0.3) is 0 Å². The third-order valence-electron chi connectivity index (χ3n) is 3.94. The van der Waals surface area contributed by atoms with E-state index in [2.05, 4.69) is 5.32 Å². The maximum atomic E-state index is 14.1. The Bertz CT molecular complexity index is 507. The molecule has 1 saturated heterocycles. The van der Waals surface area contributed by atoms with E-state index in [9.17, 15) is 9.18 Å². The second kappa shape index (κ2) is 6.42. The number of hydrogen-bond donors (Lipinski definition) is 1. The largest absolute Gasteiger partial charge is 0.316 e. The van der Waals surface area contributed by atoms with Gasteiger partial charge < -0.3 is 5.32 Å². The van der Waals surface area contributed by atoms with Crippen LogP contribution in [-0.4, -0.2) is 18.9 Å². The summed E-state index contributed by atoms with van der Waals surface area (Å²) in [5, 5.41) is 3.60. The van der Waals surface area contributed by atoms with Crippen LogP contribution in [0.4, 0.5) is 4.39 Å². The van der Waals surface area contributed by atoms with E-state index in [1.165, 1.54) is 6.07 Å². The fourth-order valence-corrected chi connectivity index (χ4v) is 3.26. The molecule has 0 aromatic heterocycles. The second-order valence-electron chi connectivity index (χ2n) is 5.39. The van der Waals surface area contributed by atoms with Crippen LogP contribution in [0, 0.1) is 11.2 Å². The number of rotatable bonds is 4. The summed E-state index contributed by atoms with van der Waals surface area (Å²) in [6.45, 7) is 3.54. The first kappa shape index (κ1) is 15.7. The summed E-state index contributed by atoms with van der Waals surface area (Å²) in [6, 6.07) is 2.47. The van der Waals surface area contributed by atoms with Crippen LogP contribution >= 0.6 is 23.2 Å². The maximum absolute atomic E-state index is 14.1. The second-order valence-corrected chi connectivity index (χ2v) is 6.20. The highest BCUT2D eigenvalue weighted by atomic mass is 35.5. The highest BCUT2D eigenvalue weighted by Crippen LogP contribution is 2.37. The van der Waals surface area contributed by atoms with Gasteiger partial charge >= 0.3 is 0 Å². The smallest absolute Gasteiger partial charge is 0.173 e. The van der Waals surface area contributed by atoms with Crippen LogP contribution in [0.15, 0.2) is 12.1 Å². The summed E-state index contributed by atoms with van der Waals surface area (Å²) < 4.78 is 14.1. The van der Waals surface area contributed by atoms with E-state index in [0.717, 1.165) is 38.3 Å². The molecule has 5 heteroatoms. The fourth-order valence-electron chi connectivity index (χ4n) is 2.95. The highest BCUT2D eigenvalue weighted by molar-refractivity contribution is 6.42. The van der Waals surface area contributed by atoms with E-state index >= 15 is 0 Å². The number of carbonyl (C=O) groups is 1. The van der Waals surface area contributed by atoms with Crippen LogP contribution in [0.5, 0.6) is 0 Å². The van der Waals surface area contributed by atoms with E-state index < -0.39 is 11.2 Å². The number of hydrogen-bond acceptors (Lipinski definition) is 2. The minimum absolute atomic E-state index is 0.0524. The number of nitrogens with one attached hydrogen (secondary N) is 1. The summed E-state index contributed by atoms with van der Waals surface area (Å²) in [7, 11) is 0. The molecular formula is C15H18Cl2FNO. The molecule has 0 radical (unpaired) electrons. The van der Waals surface area contributed by atoms with Gasteiger partial charge in [-0.3, -0.25) is 4.79 Å². The predicted molar refractivity (Wildman–Crippen MR) is 80.2 cm³/mol. The lowest BCUT2D eigenvalue weighted by atomic mass is 9.71. The summed E-state index contributed by atoms with van der Waals surface area (Å²) in [6.07, 6.45) is 3.34. The van der Waals surface area contributed by atoms with Crippen molar-refractivity contribution in [2.75, 3.05) is 13.1 Å². The van der Waals surface area contributed by atoms with Gasteiger partial charge in [0.15, 0.2) is 5.78 Å². The molecule has 1 aromatic rings. The molecule has 2 rings (SSSR count). The molecular weight excluding hydrogens is 300 g/mol. The Labute approximate surface area is 128 Å². The quantitative estimate of drug-likeness (QED) is 0.655. The fraction of sp³-hybridized carbons (Fsp3) is 0.533. The van der Waals surface area contributed by atoms with E-state index in [1.54, 1.807) is 0 Å². The van der Waals surface area contributed by atoms with Gasteiger partial charge in [-0.1, -0.05) is 36.5 Å². The van der Waals surface area contributed by atoms with Gasteiger partial charge in [0.2, 0.25) is 0 Å². The standard InChI is InChI=1S/C15H18Cl2FNO/c1-2-4-15(5-3-6-19-9-15)14(20)10-7-11(16)12(17)8-13(10)18/h7-8,19H,2-6,9H2,1H3. The zero-order valence-corrected chi connectivity index (χ0v) is 13.0. The van der Waals surface area contributed by atoms with E-state index in [4.69, 9.17) is 23.2 Å². The Morgan fingerprint density at radius 1 is 1.40 bits per heavy atom. The molecule has 1 unspecified atom stereocenters. The monoisotopic (exact) mass is 317 g/mol. The number of piperidine rings is 1. The average molecular weight is 318 g/mol. The zero-order chi connectivity index (χ0) is 14.8. The van der Waals surface area contributed by atoms with Crippen molar-refractivity contribution < 1.29 is 9.18 Å². The molecule has 1 aromatic carbocycles. The van der Waals surface area contributed by atoms with Gasteiger partial charge in [-0.05, 0) is 37.9 Å². The van der Waals surface area contributed by atoms with Crippen molar-refractivity contribution in [1.82, 2.24) is 5.32 Å². The van der Waals surface area contributed by atoms with Crippen LogP contribution < -0.4 is 5.32 Å². The lowest BCUT2D eigenvalue weighted by Gasteiger charge is -2.36. The van der Waals surface area contributed by atoms with Crippen LogP contribution in [0.3, 0.4) is 0 Å². The predicted octanol–water partition coefficient (Wildman–Crippen LogP) is 4.49. The number of Topliss-reactive ketones (excluding diaryl/α,β-unsaturated/α-hetero) is 1. The highest BCUT2D eigenvalue weighted by Gasteiger charge is 2.40. The maximum Gasteiger partial charge on any atom is 0.173 e. The normalized spacial score (nSPS) is 22.8. The molecule has 1 aliphatic heterocycles. The summed E-state index contributed by atoms with van der Waals surface area (Å²) in [5.41, 5.74) is -0.470. The van der Waals surface area contributed by atoms with E-state index in [1.807, 2.05) is 6.92 Å². The summed E-state index contributed by atoms with van der Waals surface area (Å²) in [4.78, 5) is 12.8. The van der Waals surface area contributed by atoms with Crippen LogP contribution in [0.2, 0.25) is 10.0 Å². The van der Waals surface area contributed by atoms with Gasteiger partial charge in [0.25, 0.3) is 0 Å². The van der Waals surface area contributed by atoms with Crippen molar-refractivity contribution in [1.29, 1.82) is 0 Å². The van der Waals surface area contributed by atoms with E-state index in [0.29, 0.717) is 6.54 Å². The molecule has 0 amide bonds. The van der Waals surface area contributed by atoms with Crippen molar-refractivity contribution in [3.8, 4) is 0 Å². The molecule has 1 heterocycles. The topological polar surface area (TPSA) is 29.1 Å². The van der Waals surface area contributed by atoms with Crippen molar-refractivity contribution in [2.45, 2.75) is 32.6 Å². The van der Waals surface area contributed by atoms with Gasteiger partial charge in [0.1, 0.15) is 5.82 Å². The lowest BCUT2D eigenvalue weighted by molar-refractivity contribution is 0.0713. The van der Waals surface area contributed by atoms with Crippen molar-refractivity contribution >= 4 is 29.0 Å². The Morgan fingerprint density at radius 2 is 2.10 bits per heavy atom. The molecule has 110 valence electrons. The number of carbonyl (C=O) groups excluding carboxylic acids is 1. The minimum atomic E-state index is -0.592. The molecule has 0 spiro atoms. The summed E-state index contributed by atoms with van der Waals surface area (Å²) >= 11 is 11.7. The van der Waals surface area contributed by atoms with Gasteiger partial charge in [0.05, 0.1) is 15.6 Å². The first-order chi connectivity index (χ1) is 9.50. The van der Waals surface area contributed by atoms with E-state index in [-0.39, 0.29) is 21.4 Å². The molecule has 1 fully saturated rings. The molecule has 1 aliphatic rings. The first-order valence-corrected chi connectivity index (χ1v) is 7.66. The number of benzene rings is 1. The Hall–Kier alpha value is -0.640. The number of ketones is 1. The third kappa shape index (κ3) is 3.00. The van der Waals surface area contributed by atoms with Gasteiger partial charge in [0, 0.05) is 12.0 Å². The van der Waals surface area contributed by atoms with Crippen molar-refractivity contribution in [2.24, 2.45) is 5.41 Å². The average Bonchev–Trinajstić information content (AvgIpc) is 2.43. The van der Waals surface area contributed by atoms with Gasteiger partial charge in [-0.25, -0.2) is 4.39 Å². The Morgan fingerprint density at radius 3 is 2.70 bits per heavy atom. The van der Waals surface area contributed by atoms with Crippen LogP contribution in [0.1, 0.15) is 43.0 Å². The van der Waals surface area contributed by atoms with Crippen molar-refractivity contribution in [3.05, 3.63) is 33.6 Å². The molecule has 0 bridgehead atoms. The number of halogens is 3. The SMILES string of the molecule is CCCC1(C(=O)c2cc(Cl)c(Cl)cc2F)CCCNC1. The van der Waals surface area contributed by atoms with Crippen LogP contribution in [-0.2, 0) is 0 Å². The molecule has 2 nitrogen and oxygen atoms in total. The Balaban J connectivity index is 2.39. The molecule has 0 saturated carbocycles. The first-order valence-electron chi connectivity index (χ1n) is 6.90. The molecule has 1 N–H and O–H groups in total. The lowest BCUT2D eigenvalue weighted by Crippen LogP contribution is -2.45. The summed E-state index contributed by atoms with van der Waals surface area (Å²) in [5.74, 6) is -0.756. The van der Waals surface area contributed by atoms with Gasteiger partial charge in [-0.15, -0.1) is 0 Å². The molecule has 1 atom stereocenters. The molecule has 20 heavy (non-hydrogen) atoms.